The van der Waals surface area contributed by atoms with Gasteiger partial charge >= 0.3 is 0 Å². The van der Waals surface area contributed by atoms with Gasteiger partial charge in [0.1, 0.15) is 5.76 Å². The molecule has 0 saturated carbocycles. The molecule has 2 aromatic heterocycles. The molecule has 0 aromatic carbocycles. The Morgan fingerprint density at radius 1 is 1.33 bits per heavy atom. The zero-order valence-electron chi connectivity index (χ0n) is 13.3. The third-order valence-electron chi connectivity index (χ3n) is 4.53. The SMILES string of the molecule is CCNC1CCCCc2cn(Cc3c(C)noc3C)cc21. The van der Waals surface area contributed by atoms with Crippen LogP contribution >= 0.6 is 0 Å². The average molecular weight is 287 g/mol. The lowest BCUT2D eigenvalue weighted by molar-refractivity contribution is 0.392. The van der Waals surface area contributed by atoms with Crippen LogP contribution in [0.1, 0.15) is 60.4 Å². The summed E-state index contributed by atoms with van der Waals surface area (Å²) in [7, 11) is 0. The first-order chi connectivity index (χ1) is 10.2. The third-order valence-corrected chi connectivity index (χ3v) is 4.53. The summed E-state index contributed by atoms with van der Waals surface area (Å²) in [5.41, 5.74) is 5.20. The Hall–Kier alpha value is -1.55. The number of nitrogens with one attached hydrogen (secondary N) is 1. The van der Waals surface area contributed by atoms with Crippen LogP contribution in [0.3, 0.4) is 0 Å². The molecule has 0 spiro atoms. The second-order valence-electron chi connectivity index (χ2n) is 6.07. The van der Waals surface area contributed by atoms with Crippen molar-refractivity contribution in [2.45, 2.75) is 59.0 Å². The topological polar surface area (TPSA) is 43.0 Å². The van der Waals surface area contributed by atoms with Gasteiger partial charge in [-0.15, -0.1) is 0 Å². The molecule has 4 heteroatoms. The summed E-state index contributed by atoms with van der Waals surface area (Å²) in [6.45, 7) is 8.07. The van der Waals surface area contributed by atoms with E-state index in [0.29, 0.717) is 6.04 Å². The van der Waals surface area contributed by atoms with Gasteiger partial charge in [-0.1, -0.05) is 18.5 Å². The molecule has 1 atom stereocenters. The van der Waals surface area contributed by atoms with Crippen LogP contribution in [0.5, 0.6) is 0 Å². The number of nitrogens with zero attached hydrogens (tertiary/aromatic N) is 2. The van der Waals surface area contributed by atoms with E-state index in [-0.39, 0.29) is 0 Å². The third kappa shape index (κ3) is 2.91. The van der Waals surface area contributed by atoms with Gasteiger partial charge in [-0.2, -0.15) is 0 Å². The van der Waals surface area contributed by atoms with E-state index in [1.54, 1.807) is 0 Å². The molecule has 1 aliphatic rings. The Morgan fingerprint density at radius 3 is 2.90 bits per heavy atom. The molecule has 21 heavy (non-hydrogen) atoms. The first-order valence-electron chi connectivity index (χ1n) is 8.02. The van der Waals surface area contributed by atoms with Crippen molar-refractivity contribution in [2.75, 3.05) is 6.54 Å². The summed E-state index contributed by atoms with van der Waals surface area (Å²) in [5.74, 6) is 0.930. The van der Waals surface area contributed by atoms with Gasteiger partial charge in [0.05, 0.1) is 12.2 Å². The minimum Gasteiger partial charge on any atom is -0.361 e. The molecule has 0 saturated heterocycles. The molecule has 1 N–H and O–H groups in total. The Balaban J connectivity index is 1.87. The second kappa shape index (κ2) is 6.06. The van der Waals surface area contributed by atoms with E-state index in [0.717, 1.165) is 24.5 Å². The highest BCUT2D eigenvalue weighted by atomic mass is 16.5. The fourth-order valence-electron chi connectivity index (χ4n) is 3.38. The van der Waals surface area contributed by atoms with Crippen LogP contribution in [0.4, 0.5) is 0 Å². The normalized spacial score (nSPS) is 18.5. The molecule has 2 heterocycles. The van der Waals surface area contributed by atoms with Crippen LogP contribution in [0, 0.1) is 13.8 Å². The van der Waals surface area contributed by atoms with Gasteiger partial charge in [0, 0.05) is 24.0 Å². The number of aryl methyl sites for hydroxylation is 3. The fraction of sp³-hybridized carbons (Fsp3) is 0.588. The van der Waals surface area contributed by atoms with Crippen molar-refractivity contribution in [2.24, 2.45) is 0 Å². The van der Waals surface area contributed by atoms with E-state index in [1.807, 2.05) is 13.8 Å². The second-order valence-corrected chi connectivity index (χ2v) is 6.07. The van der Waals surface area contributed by atoms with Crippen LogP contribution in [-0.2, 0) is 13.0 Å². The highest BCUT2D eigenvalue weighted by Gasteiger charge is 2.20. The van der Waals surface area contributed by atoms with Gasteiger partial charge in [0.2, 0.25) is 0 Å². The molecule has 1 aliphatic carbocycles. The van der Waals surface area contributed by atoms with Gasteiger partial charge in [-0.3, -0.25) is 0 Å². The molecular weight excluding hydrogens is 262 g/mol. The van der Waals surface area contributed by atoms with E-state index in [2.05, 4.69) is 34.4 Å². The molecule has 114 valence electrons. The van der Waals surface area contributed by atoms with E-state index in [4.69, 9.17) is 4.52 Å². The van der Waals surface area contributed by atoms with Crippen molar-refractivity contribution in [1.29, 1.82) is 0 Å². The van der Waals surface area contributed by atoms with Crippen LogP contribution in [0.15, 0.2) is 16.9 Å². The lowest BCUT2D eigenvalue weighted by atomic mass is 10.0. The number of hydrogen-bond donors (Lipinski definition) is 1. The summed E-state index contributed by atoms with van der Waals surface area (Å²) in [6.07, 6.45) is 9.69. The zero-order chi connectivity index (χ0) is 14.8. The summed E-state index contributed by atoms with van der Waals surface area (Å²) >= 11 is 0. The summed E-state index contributed by atoms with van der Waals surface area (Å²) < 4.78 is 7.57. The summed E-state index contributed by atoms with van der Waals surface area (Å²) in [4.78, 5) is 0. The van der Waals surface area contributed by atoms with Crippen LogP contribution in [-0.4, -0.2) is 16.3 Å². The van der Waals surface area contributed by atoms with Gasteiger partial charge in [0.25, 0.3) is 0 Å². The van der Waals surface area contributed by atoms with E-state index in [1.165, 1.54) is 42.4 Å². The number of aromatic nitrogens is 2. The molecule has 3 rings (SSSR count). The standard InChI is InChI=1S/C17H25N3O/c1-4-18-17-8-6-5-7-14-9-20(11-16(14)17)10-15-12(2)19-21-13(15)3/h9,11,17-18H,4-8,10H2,1-3H3. The maximum Gasteiger partial charge on any atom is 0.138 e. The van der Waals surface area contributed by atoms with Crippen LogP contribution in [0.2, 0.25) is 0 Å². The molecule has 0 radical (unpaired) electrons. The van der Waals surface area contributed by atoms with Crippen molar-refractivity contribution < 1.29 is 4.52 Å². The van der Waals surface area contributed by atoms with Gasteiger partial charge in [-0.25, -0.2) is 0 Å². The Kier molecular flexibility index (Phi) is 4.15. The average Bonchev–Trinajstić information content (AvgIpc) is 2.95. The first kappa shape index (κ1) is 14.4. The van der Waals surface area contributed by atoms with Gasteiger partial charge in [0.15, 0.2) is 0 Å². The maximum atomic E-state index is 5.27. The van der Waals surface area contributed by atoms with Crippen molar-refractivity contribution >= 4 is 0 Å². The smallest absolute Gasteiger partial charge is 0.138 e. The van der Waals surface area contributed by atoms with Crippen molar-refractivity contribution in [3.63, 3.8) is 0 Å². The van der Waals surface area contributed by atoms with Gasteiger partial charge < -0.3 is 14.4 Å². The highest BCUT2D eigenvalue weighted by molar-refractivity contribution is 5.31. The number of hydrogen-bond acceptors (Lipinski definition) is 3. The lowest BCUT2D eigenvalue weighted by Gasteiger charge is -2.15. The van der Waals surface area contributed by atoms with Gasteiger partial charge in [-0.05, 0) is 50.8 Å². The molecule has 0 amide bonds. The highest BCUT2D eigenvalue weighted by Crippen LogP contribution is 2.30. The van der Waals surface area contributed by atoms with E-state index < -0.39 is 0 Å². The van der Waals surface area contributed by atoms with E-state index >= 15 is 0 Å². The molecule has 0 bridgehead atoms. The predicted molar refractivity (Wildman–Crippen MR) is 83.5 cm³/mol. The Bertz CT molecular complexity index is 592. The predicted octanol–water partition coefficient (Wildman–Crippen LogP) is 3.52. The molecule has 1 unspecified atom stereocenters. The molecule has 0 aliphatic heterocycles. The van der Waals surface area contributed by atoms with Crippen LogP contribution in [0.25, 0.3) is 0 Å². The molecular formula is C17H25N3O. The summed E-state index contributed by atoms with van der Waals surface area (Å²) in [6, 6.07) is 0.512. The van der Waals surface area contributed by atoms with Crippen molar-refractivity contribution in [3.05, 3.63) is 40.5 Å². The molecule has 0 fully saturated rings. The fourth-order valence-corrected chi connectivity index (χ4v) is 3.38. The molecule has 4 nitrogen and oxygen atoms in total. The monoisotopic (exact) mass is 287 g/mol. The number of fused-ring (bicyclic) bond motifs is 1. The maximum absolute atomic E-state index is 5.27. The lowest BCUT2D eigenvalue weighted by Crippen LogP contribution is -2.20. The summed E-state index contributed by atoms with van der Waals surface area (Å²) in [5, 5.41) is 7.68. The van der Waals surface area contributed by atoms with E-state index in [9.17, 15) is 0 Å². The zero-order valence-corrected chi connectivity index (χ0v) is 13.3. The Labute approximate surface area is 126 Å². The largest absolute Gasteiger partial charge is 0.361 e. The first-order valence-corrected chi connectivity index (χ1v) is 8.02. The molecule has 2 aromatic rings. The Morgan fingerprint density at radius 2 is 2.19 bits per heavy atom. The van der Waals surface area contributed by atoms with Crippen LogP contribution < -0.4 is 5.32 Å². The van der Waals surface area contributed by atoms with Crippen molar-refractivity contribution in [1.82, 2.24) is 15.0 Å². The minimum atomic E-state index is 0.512. The van der Waals surface area contributed by atoms with Crippen molar-refractivity contribution in [3.8, 4) is 0 Å². The number of rotatable bonds is 4. The quantitative estimate of drug-likeness (QED) is 0.875. The minimum absolute atomic E-state index is 0.512.